The van der Waals surface area contributed by atoms with Gasteiger partial charge in [-0.1, -0.05) is 6.92 Å². The van der Waals surface area contributed by atoms with E-state index in [9.17, 15) is 9.90 Å². The first kappa shape index (κ1) is 21.0. The van der Waals surface area contributed by atoms with E-state index in [1.165, 1.54) is 0 Å². The largest absolute Gasteiger partial charge is 0.482 e. The van der Waals surface area contributed by atoms with Crippen LogP contribution in [0, 0.1) is 18.8 Å². The Kier molecular flexibility index (Phi) is 7.26. The molecule has 3 heterocycles. The Balaban J connectivity index is 1.53. The standard InChI is InChI=1S/C21H34N4O3/c1-4-19-20(6-5-16(2)22-19)28-15-21(27)25-12-17(18(13-25)14-26)11-24-9-7-23(3)8-10-24/h5-6,17-18,26H,4,7-15H2,1-3H3/t17-,18-/m1/s1. The summed E-state index contributed by atoms with van der Waals surface area (Å²) in [6.45, 7) is 10.7. The third-order valence-electron chi connectivity index (χ3n) is 6.01. The van der Waals surface area contributed by atoms with Gasteiger partial charge in [-0.05, 0) is 38.4 Å². The van der Waals surface area contributed by atoms with Gasteiger partial charge in [0.2, 0.25) is 0 Å². The molecule has 0 spiro atoms. The van der Waals surface area contributed by atoms with Crippen LogP contribution in [0.1, 0.15) is 18.3 Å². The fourth-order valence-electron chi connectivity index (χ4n) is 4.13. The summed E-state index contributed by atoms with van der Waals surface area (Å²) in [6.07, 6.45) is 0.772. The number of piperazine rings is 1. The number of aryl methyl sites for hydroxylation is 2. The zero-order valence-electron chi connectivity index (χ0n) is 17.4. The highest BCUT2D eigenvalue weighted by atomic mass is 16.5. The van der Waals surface area contributed by atoms with Crippen LogP contribution in [-0.2, 0) is 11.2 Å². The second-order valence-electron chi connectivity index (χ2n) is 8.15. The number of hydrogen-bond donors (Lipinski definition) is 1. The average Bonchev–Trinajstić information content (AvgIpc) is 3.11. The molecule has 7 nitrogen and oxygen atoms in total. The molecule has 2 saturated heterocycles. The molecule has 2 fully saturated rings. The Morgan fingerprint density at radius 3 is 2.61 bits per heavy atom. The molecule has 1 aromatic rings. The maximum absolute atomic E-state index is 12.7. The van der Waals surface area contributed by atoms with Crippen LogP contribution in [-0.4, -0.2) is 96.8 Å². The van der Waals surface area contributed by atoms with Crippen LogP contribution in [0.4, 0.5) is 0 Å². The second kappa shape index (κ2) is 9.67. The van der Waals surface area contributed by atoms with Crippen LogP contribution in [0.2, 0.25) is 0 Å². The number of amides is 1. The van der Waals surface area contributed by atoms with Crippen LogP contribution in [0.5, 0.6) is 5.75 Å². The normalized spacial score (nSPS) is 23.9. The molecule has 156 valence electrons. The van der Waals surface area contributed by atoms with E-state index in [4.69, 9.17) is 4.74 Å². The zero-order valence-corrected chi connectivity index (χ0v) is 17.4. The highest BCUT2D eigenvalue weighted by Crippen LogP contribution is 2.25. The molecule has 28 heavy (non-hydrogen) atoms. The van der Waals surface area contributed by atoms with Crippen LogP contribution >= 0.6 is 0 Å². The lowest BCUT2D eigenvalue weighted by atomic mass is 9.96. The van der Waals surface area contributed by atoms with E-state index >= 15 is 0 Å². The summed E-state index contributed by atoms with van der Waals surface area (Å²) in [5, 5.41) is 9.81. The lowest BCUT2D eigenvalue weighted by molar-refractivity contribution is -0.132. The minimum Gasteiger partial charge on any atom is -0.482 e. The van der Waals surface area contributed by atoms with Crippen molar-refractivity contribution in [3.63, 3.8) is 0 Å². The number of rotatable bonds is 7. The third-order valence-corrected chi connectivity index (χ3v) is 6.01. The highest BCUT2D eigenvalue weighted by molar-refractivity contribution is 5.78. The summed E-state index contributed by atoms with van der Waals surface area (Å²) >= 11 is 0. The van der Waals surface area contributed by atoms with Crippen molar-refractivity contribution in [2.75, 3.05) is 66.1 Å². The molecule has 0 unspecified atom stereocenters. The van der Waals surface area contributed by atoms with Gasteiger partial charge in [-0.15, -0.1) is 0 Å². The monoisotopic (exact) mass is 390 g/mol. The second-order valence-corrected chi connectivity index (χ2v) is 8.15. The lowest BCUT2D eigenvalue weighted by Crippen LogP contribution is -2.47. The molecule has 2 aliphatic rings. The maximum Gasteiger partial charge on any atom is 0.260 e. The predicted octanol–water partition coefficient (Wildman–Crippen LogP) is 0.646. The Morgan fingerprint density at radius 1 is 1.21 bits per heavy atom. The van der Waals surface area contributed by atoms with Crippen molar-refractivity contribution >= 4 is 5.91 Å². The van der Waals surface area contributed by atoms with E-state index in [0.29, 0.717) is 24.8 Å². The lowest BCUT2D eigenvalue weighted by Gasteiger charge is -2.34. The predicted molar refractivity (Wildman–Crippen MR) is 108 cm³/mol. The molecule has 0 aliphatic carbocycles. The van der Waals surface area contributed by atoms with E-state index in [0.717, 1.165) is 50.5 Å². The molecule has 1 aromatic heterocycles. The Labute approximate surface area is 168 Å². The van der Waals surface area contributed by atoms with Crippen molar-refractivity contribution in [1.29, 1.82) is 0 Å². The van der Waals surface area contributed by atoms with Gasteiger partial charge in [0.05, 0.1) is 5.69 Å². The fraction of sp³-hybridized carbons (Fsp3) is 0.714. The number of aliphatic hydroxyl groups excluding tert-OH is 1. The van der Waals surface area contributed by atoms with Gasteiger partial charge in [0.1, 0.15) is 5.75 Å². The first-order valence-electron chi connectivity index (χ1n) is 10.4. The van der Waals surface area contributed by atoms with Gasteiger partial charge in [-0.25, -0.2) is 0 Å². The minimum atomic E-state index is -0.0121. The van der Waals surface area contributed by atoms with Crippen LogP contribution in [0.15, 0.2) is 12.1 Å². The summed E-state index contributed by atoms with van der Waals surface area (Å²) < 4.78 is 5.79. The smallest absolute Gasteiger partial charge is 0.260 e. The van der Waals surface area contributed by atoms with Gasteiger partial charge in [-0.2, -0.15) is 0 Å². The molecule has 2 atom stereocenters. The van der Waals surface area contributed by atoms with Gasteiger partial charge < -0.3 is 24.5 Å². The number of aromatic nitrogens is 1. The number of hydrogen-bond acceptors (Lipinski definition) is 6. The van der Waals surface area contributed by atoms with Crippen molar-refractivity contribution in [1.82, 2.24) is 19.7 Å². The number of ether oxygens (including phenoxy) is 1. The van der Waals surface area contributed by atoms with E-state index < -0.39 is 0 Å². The summed E-state index contributed by atoms with van der Waals surface area (Å²) in [4.78, 5) is 23.8. The SMILES string of the molecule is CCc1nc(C)ccc1OCC(=O)N1C[C@@H](CN2CCN(C)CC2)[C@@H](CO)C1. The van der Waals surface area contributed by atoms with Crippen molar-refractivity contribution < 1.29 is 14.6 Å². The fourth-order valence-corrected chi connectivity index (χ4v) is 4.13. The number of nitrogens with zero attached hydrogens (tertiary/aromatic N) is 4. The van der Waals surface area contributed by atoms with Crippen LogP contribution in [0.3, 0.4) is 0 Å². The van der Waals surface area contributed by atoms with E-state index in [1.54, 1.807) is 0 Å². The Morgan fingerprint density at radius 2 is 1.93 bits per heavy atom. The quantitative estimate of drug-likeness (QED) is 0.737. The highest BCUT2D eigenvalue weighted by Gasteiger charge is 2.36. The van der Waals surface area contributed by atoms with E-state index in [-0.39, 0.29) is 25.0 Å². The summed E-state index contributed by atoms with van der Waals surface area (Å²) in [5.74, 6) is 1.15. The molecular formula is C21H34N4O3. The van der Waals surface area contributed by atoms with Crippen molar-refractivity contribution in [3.8, 4) is 5.75 Å². The number of likely N-dealkylation sites (tertiary alicyclic amines) is 1. The topological polar surface area (TPSA) is 69.1 Å². The minimum absolute atomic E-state index is 0.0121. The van der Waals surface area contributed by atoms with Gasteiger partial charge >= 0.3 is 0 Å². The van der Waals surface area contributed by atoms with E-state index in [1.807, 2.05) is 30.9 Å². The van der Waals surface area contributed by atoms with Crippen molar-refractivity contribution in [2.24, 2.45) is 11.8 Å². The molecule has 0 saturated carbocycles. The summed E-state index contributed by atoms with van der Waals surface area (Å²) in [6, 6.07) is 3.80. The first-order valence-corrected chi connectivity index (χ1v) is 10.4. The summed E-state index contributed by atoms with van der Waals surface area (Å²) in [7, 11) is 2.15. The van der Waals surface area contributed by atoms with Gasteiger partial charge in [-0.3, -0.25) is 9.78 Å². The zero-order chi connectivity index (χ0) is 20.1. The van der Waals surface area contributed by atoms with Crippen molar-refractivity contribution in [3.05, 3.63) is 23.5 Å². The number of pyridine rings is 1. The molecule has 0 bridgehead atoms. The van der Waals surface area contributed by atoms with Crippen LogP contribution < -0.4 is 4.74 Å². The van der Waals surface area contributed by atoms with E-state index in [2.05, 4.69) is 21.8 Å². The van der Waals surface area contributed by atoms with Gasteiger partial charge in [0.25, 0.3) is 5.91 Å². The van der Waals surface area contributed by atoms with Crippen LogP contribution in [0.25, 0.3) is 0 Å². The van der Waals surface area contributed by atoms with Gasteiger partial charge in [0.15, 0.2) is 6.61 Å². The molecule has 1 N–H and O–H groups in total. The summed E-state index contributed by atoms with van der Waals surface area (Å²) in [5.41, 5.74) is 1.84. The average molecular weight is 391 g/mol. The first-order chi connectivity index (χ1) is 13.5. The Hall–Kier alpha value is -1.70. The molecule has 2 aliphatic heterocycles. The molecule has 7 heteroatoms. The molecule has 3 rings (SSSR count). The number of carbonyl (C=O) groups excluding carboxylic acids is 1. The number of carbonyl (C=O) groups is 1. The van der Waals surface area contributed by atoms with Crippen molar-refractivity contribution in [2.45, 2.75) is 20.3 Å². The number of likely N-dealkylation sites (N-methyl/N-ethyl adjacent to an activating group) is 1. The van der Waals surface area contributed by atoms with Gasteiger partial charge in [0, 0.05) is 64.0 Å². The molecular weight excluding hydrogens is 356 g/mol. The Bertz CT molecular complexity index is 661. The molecule has 0 aromatic carbocycles. The molecule has 1 amide bonds. The maximum atomic E-state index is 12.7. The molecule has 0 radical (unpaired) electrons. The number of aliphatic hydroxyl groups is 1. The third kappa shape index (κ3) is 5.21.